The maximum atomic E-state index is 4.58. The molecule has 0 radical (unpaired) electrons. The van der Waals surface area contributed by atoms with Crippen LogP contribution in [0.5, 0.6) is 0 Å². The molecule has 3 rings (SSSR count). The molecule has 1 aliphatic heterocycles. The largest absolute Gasteiger partial charge is 0.356 e. The highest BCUT2D eigenvalue weighted by Crippen LogP contribution is 2.19. The summed E-state index contributed by atoms with van der Waals surface area (Å²) in [6, 6.07) is 2.58. The third kappa shape index (κ3) is 4.62. The molecule has 0 bridgehead atoms. The van der Waals surface area contributed by atoms with E-state index in [9.17, 15) is 0 Å². The van der Waals surface area contributed by atoms with E-state index < -0.39 is 0 Å². The second-order valence-electron chi connectivity index (χ2n) is 5.56. The van der Waals surface area contributed by atoms with Gasteiger partial charge in [0.15, 0.2) is 5.16 Å². The predicted molar refractivity (Wildman–Crippen MR) is 92.8 cm³/mol. The first-order valence-electron chi connectivity index (χ1n) is 7.95. The second kappa shape index (κ2) is 8.21. The topological polar surface area (TPSA) is 66.8 Å². The van der Waals surface area contributed by atoms with Gasteiger partial charge in [-0.05, 0) is 25.2 Å². The maximum absolute atomic E-state index is 4.58. The number of anilines is 1. The van der Waals surface area contributed by atoms with E-state index >= 15 is 0 Å². The van der Waals surface area contributed by atoms with Crippen molar-refractivity contribution in [1.29, 1.82) is 0 Å². The minimum absolute atomic E-state index is 0.574. The fourth-order valence-corrected chi connectivity index (χ4v) is 3.13. The Morgan fingerprint density at radius 2 is 2.09 bits per heavy atom. The lowest BCUT2D eigenvalue weighted by molar-refractivity contribution is 0.415. The highest BCUT2D eigenvalue weighted by Gasteiger charge is 2.19. The zero-order chi connectivity index (χ0) is 15.9. The van der Waals surface area contributed by atoms with E-state index in [2.05, 4.69) is 30.2 Å². The van der Waals surface area contributed by atoms with Crippen LogP contribution in [0.25, 0.3) is 0 Å². The van der Waals surface area contributed by atoms with Crippen LogP contribution in [0.4, 0.5) is 5.82 Å². The zero-order valence-electron chi connectivity index (χ0n) is 13.4. The minimum Gasteiger partial charge on any atom is -0.356 e. The molecule has 2 aromatic heterocycles. The number of hydrogen-bond donors (Lipinski definition) is 1. The first kappa shape index (κ1) is 16.1. The summed E-state index contributed by atoms with van der Waals surface area (Å²) in [6.45, 7) is 3.02. The highest BCUT2D eigenvalue weighted by molar-refractivity contribution is 7.98. The molecule has 2 aromatic rings. The Labute approximate surface area is 141 Å². The van der Waals surface area contributed by atoms with Gasteiger partial charge in [-0.15, -0.1) is 0 Å². The number of nitrogens with one attached hydrogen (secondary N) is 1. The van der Waals surface area contributed by atoms with Crippen LogP contribution < -0.4 is 10.2 Å². The molecule has 0 spiro atoms. The third-order valence-electron chi connectivity index (χ3n) is 4.05. The molecule has 0 amide bonds. The van der Waals surface area contributed by atoms with Crippen LogP contribution in [0.2, 0.25) is 0 Å². The summed E-state index contributed by atoms with van der Waals surface area (Å²) in [5, 5.41) is 4.47. The molecule has 6 nitrogen and oxygen atoms in total. The number of hydrogen-bond acceptors (Lipinski definition) is 7. The average Bonchev–Trinajstić information content (AvgIpc) is 2.63. The number of nitrogens with zero attached hydrogens (tertiary/aromatic N) is 5. The highest BCUT2D eigenvalue weighted by atomic mass is 32.2. The Hall–Kier alpha value is -1.73. The SMILES string of the molecule is CSc1nccc(N2CCC(NCCc3cnccn3)CC2)n1. The van der Waals surface area contributed by atoms with Gasteiger partial charge in [0.25, 0.3) is 0 Å². The van der Waals surface area contributed by atoms with Crippen molar-refractivity contribution in [3.63, 3.8) is 0 Å². The summed E-state index contributed by atoms with van der Waals surface area (Å²) >= 11 is 1.58. The molecule has 122 valence electrons. The monoisotopic (exact) mass is 330 g/mol. The fourth-order valence-electron chi connectivity index (χ4n) is 2.78. The van der Waals surface area contributed by atoms with Crippen LogP contribution >= 0.6 is 11.8 Å². The molecule has 1 saturated heterocycles. The minimum atomic E-state index is 0.574. The van der Waals surface area contributed by atoms with Crippen molar-refractivity contribution in [2.24, 2.45) is 0 Å². The van der Waals surface area contributed by atoms with Crippen molar-refractivity contribution in [3.05, 3.63) is 36.5 Å². The number of aromatic nitrogens is 4. The van der Waals surface area contributed by atoms with E-state index in [0.717, 1.165) is 55.6 Å². The van der Waals surface area contributed by atoms with Gasteiger partial charge in [0, 0.05) is 56.9 Å². The normalized spacial score (nSPS) is 15.8. The summed E-state index contributed by atoms with van der Waals surface area (Å²) < 4.78 is 0. The van der Waals surface area contributed by atoms with Gasteiger partial charge in [-0.25, -0.2) is 9.97 Å². The fraction of sp³-hybridized carbons (Fsp3) is 0.500. The van der Waals surface area contributed by atoms with Crippen molar-refractivity contribution in [1.82, 2.24) is 25.3 Å². The smallest absolute Gasteiger partial charge is 0.189 e. The summed E-state index contributed by atoms with van der Waals surface area (Å²) in [5.74, 6) is 1.04. The molecule has 7 heteroatoms. The van der Waals surface area contributed by atoms with E-state index in [1.807, 2.05) is 24.7 Å². The van der Waals surface area contributed by atoms with Gasteiger partial charge in [0.2, 0.25) is 0 Å². The Morgan fingerprint density at radius 3 is 2.83 bits per heavy atom. The Morgan fingerprint density at radius 1 is 1.22 bits per heavy atom. The summed E-state index contributed by atoms with van der Waals surface area (Å²) in [4.78, 5) is 19.6. The zero-order valence-corrected chi connectivity index (χ0v) is 14.2. The van der Waals surface area contributed by atoms with Crippen molar-refractivity contribution in [3.8, 4) is 0 Å². The summed E-state index contributed by atoms with van der Waals surface area (Å²) in [7, 11) is 0. The Kier molecular flexibility index (Phi) is 5.76. The third-order valence-corrected chi connectivity index (χ3v) is 4.61. The lowest BCUT2D eigenvalue weighted by Gasteiger charge is -2.33. The molecule has 0 unspecified atom stereocenters. The van der Waals surface area contributed by atoms with E-state index in [-0.39, 0.29) is 0 Å². The van der Waals surface area contributed by atoms with Gasteiger partial charge < -0.3 is 10.2 Å². The molecule has 3 heterocycles. The molecular formula is C16H22N6S. The van der Waals surface area contributed by atoms with E-state index in [1.165, 1.54) is 0 Å². The summed E-state index contributed by atoms with van der Waals surface area (Å²) in [5.41, 5.74) is 1.04. The standard InChI is InChI=1S/C16H22N6S/c1-23-16-20-7-3-15(21-16)22-10-4-13(5-11-22)18-6-2-14-12-17-8-9-19-14/h3,7-9,12-13,18H,2,4-6,10-11H2,1H3. The van der Waals surface area contributed by atoms with Gasteiger partial charge in [-0.3, -0.25) is 9.97 Å². The Balaban J connectivity index is 1.43. The molecular weight excluding hydrogens is 308 g/mol. The van der Waals surface area contributed by atoms with Gasteiger partial charge in [0.05, 0.1) is 5.69 Å². The molecule has 0 atom stereocenters. The van der Waals surface area contributed by atoms with Crippen LogP contribution in [0.3, 0.4) is 0 Å². The van der Waals surface area contributed by atoms with Gasteiger partial charge in [-0.2, -0.15) is 0 Å². The first-order chi connectivity index (χ1) is 11.3. The van der Waals surface area contributed by atoms with Crippen LogP contribution in [0.1, 0.15) is 18.5 Å². The molecule has 0 saturated carbocycles. The van der Waals surface area contributed by atoms with Crippen molar-refractivity contribution >= 4 is 17.6 Å². The van der Waals surface area contributed by atoms with Crippen molar-refractivity contribution < 1.29 is 0 Å². The van der Waals surface area contributed by atoms with Gasteiger partial charge in [-0.1, -0.05) is 11.8 Å². The van der Waals surface area contributed by atoms with E-state index in [4.69, 9.17) is 0 Å². The van der Waals surface area contributed by atoms with Gasteiger partial charge >= 0.3 is 0 Å². The van der Waals surface area contributed by atoms with Crippen LogP contribution in [0.15, 0.2) is 36.0 Å². The van der Waals surface area contributed by atoms with Crippen LogP contribution in [-0.4, -0.2) is 51.9 Å². The van der Waals surface area contributed by atoms with Crippen LogP contribution in [0, 0.1) is 0 Å². The molecule has 1 fully saturated rings. The maximum Gasteiger partial charge on any atom is 0.189 e. The summed E-state index contributed by atoms with van der Waals surface area (Å²) in [6.07, 6.45) is 12.4. The first-order valence-corrected chi connectivity index (χ1v) is 9.18. The van der Waals surface area contributed by atoms with E-state index in [0.29, 0.717) is 6.04 Å². The molecule has 1 N–H and O–H groups in total. The number of rotatable bonds is 6. The quantitative estimate of drug-likeness (QED) is 0.640. The Bertz CT molecular complexity index is 601. The molecule has 0 aromatic carbocycles. The average molecular weight is 330 g/mol. The lowest BCUT2D eigenvalue weighted by Crippen LogP contribution is -2.43. The van der Waals surface area contributed by atoms with Crippen LogP contribution in [-0.2, 0) is 6.42 Å². The predicted octanol–water partition coefficient (Wildman–Crippen LogP) is 1.79. The molecule has 0 aliphatic carbocycles. The van der Waals surface area contributed by atoms with E-state index in [1.54, 1.807) is 24.2 Å². The number of piperidine rings is 1. The van der Waals surface area contributed by atoms with Crippen molar-refractivity contribution in [2.45, 2.75) is 30.5 Å². The number of thioether (sulfide) groups is 1. The second-order valence-corrected chi connectivity index (χ2v) is 6.34. The lowest BCUT2D eigenvalue weighted by atomic mass is 10.0. The molecule has 1 aliphatic rings. The molecule has 23 heavy (non-hydrogen) atoms. The van der Waals surface area contributed by atoms with Gasteiger partial charge in [0.1, 0.15) is 5.82 Å². The van der Waals surface area contributed by atoms with Crippen molar-refractivity contribution in [2.75, 3.05) is 30.8 Å².